The molecule has 0 saturated carbocycles. The number of carbonyl (C=O) groups is 1. The zero-order valence-corrected chi connectivity index (χ0v) is 20.8. The molecule has 0 radical (unpaired) electrons. The molecule has 0 aromatic heterocycles. The van der Waals surface area contributed by atoms with Crippen LogP contribution in [-0.4, -0.2) is 42.3 Å². The van der Waals surface area contributed by atoms with E-state index in [4.69, 9.17) is 9.47 Å². The van der Waals surface area contributed by atoms with Crippen molar-refractivity contribution >= 4 is 27.7 Å². The van der Waals surface area contributed by atoms with Gasteiger partial charge in [-0.1, -0.05) is 34.1 Å². The highest BCUT2D eigenvalue weighted by Gasteiger charge is 2.31. The van der Waals surface area contributed by atoms with Crippen LogP contribution in [0.25, 0.3) is 0 Å². The molecule has 2 aliphatic rings. The Morgan fingerprint density at radius 1 is 0.969 bits per heavy atom. The summed E-state index contributed by atoms with van der Waals surface area (Å²) in [5.74, 6) is 0.970. The average molecular weight is 501 g/mol. The fourth-order valence-corrected chi connectivity index (χ4v) is 4.82. The predicted octanol–water partition coefficient (Wildman–Crippen LogP) is 6.57. The number of hydrogen-bond donors (Lipinski definition) is 0. The van der Waals surface area contributed by atoms with Crippen LogP contribution < -0.4 is 9.64 Å². The van der Waals surface area contributed by atoms with E-state index in [9.17, 15) is 4.79 Å². The zero-order valence-electron chi connectivity index (χ0n) is 19.2. The quantitative estimate of drug-likeness (QED) is 0.475. The topological polar surface area (TPSA) is 42.0 Å². The minimum absolute atomic E-state index is 0.109. The van der Waals surface area contributed by atoms with Gasteiger partial charge in [0.1, 0.15) is 17.5 Å². The highest BCUT2D eigenvalue weighted by Crippen LogP contribution is 2.40. The molecule has 2 aromatic rings. The number of halogens is 1. The summed E-state index contributed by atoms with van der Waals surface area (Å²) < 4.78 is 13.1. The maximum atomic E-state index is 12.4. The maximum Gasteiger partial charge on any atom is 0.410 e. The van der Waals surface area contributed by atoms with Gasteiger partial charge in [0.05, 0.1) is 6.04 Å². The lowest BCUT2D eigenvalue weighted by Crippen LogP contribution is -2.44. The Morgan fingerprint density at radius 2 is 1.66 bits per heavy atom. The van der Waals surface area contributed by atoms with E-state index in [2.05, 4.69) is 63.3 Å². The van der Waals surface area contributed by atoms with Crippen molar-refractivity contribution in [3.63, 3.8) is 0 Å². The maximum absolute atomic E-state index is 12.4. The molecule has 2 heterocycles. The molecule has 172 valence electrons. The van der Waals surface area contributed by atoms with Crippen molar-refractivity contribution in [2.75, 3.05) is 24.5 Å². The molecular weight excluding hydrogens is 468 g/mol. The Morgan fingerprint density at radius 3 is 2.34 bits per heavy atom. The number of para-hydroxylation sites is 1. The van der Waals surface area contributed by atoms with E-state index in [0.717, 1.165) is 36.0 Å². The monoisotopic (exact) mass is 500 g/mol. The summed E-state index contributed by atoms with van der Waals surface area (Å²) in [6.45, 7) is 8.08. The number of piperidine rings is 1. The minimum atomic E-state index is -0.467. The van der Waals surface area contributed by atoms with Crippen LogP contribution >= 0.6 is 15.9 Å². The van der Waals surface area contributed by atoms with Crippen LogP contribution in [-0.2, 0) is 4.74 Å². The van der Waals surface area contributed by atoms with Crippen LogP contribution in [0.3, 0.4) is 0 Å². The molecule has 0 aliphatic carbocycles. The predicted molar refractivity (Wildman–Crippen MR) is 131 cm³/mol. The van der Waals surface area contributed by atoms with Gasteiger partial charge in [0.25, 0.3) is 0 Å². The van der Waals surface area contributed by atoms with Gasteiger partial charge < -0.3 is 19.3 Å². The van der Waals surface area contributed by atoms with Crippen LogP contribution in [0.5, 0.6) is 5.75 Å². The summed E-state index contributed by atoms with van der Waals surface area (Å²) in [5, 5.41) is 0. The van der Waals surface area contributed by atoms with E-state index in [1.807, 2.05) is 26.8 Å². The van der Waals surface area contributed by atoms with E-state index in [-0.39, 0.29) is 12.2 Å². The lowest BCUT2D eigenvalue weighted by Gasteiger charge is -2.34. The van der Waals surface area contributed by atoms with Gasteiger partial charge in [-0.3, -0.25) is 0 Å². The Bertz CT molecular complexity index is 917. The van der Waals surface area contributed by atoms with E-state index < -0.39 is 5.60 Å². The summed E-state index contributed by atoms with van der Waals surface area (Å²) in [7, 11) is 0. The molecule has 0 N–H and O–H groups in total. The third kappa shape index (κ3) is 5.58. The van der Waals surface area contributed by atoms with Gasteiger partial charge in [-0.05, 0) is 63.9 Å². The van der Waals surface area contributed by atoms with E-state index in [1.54, 1.807) is 4.90 Å². The Hall–Kier alpha value is -2.21. The van der Waals surface area contributed by atoms with Crippen molar-refractivity contribution in [3.8, 4) is 5.75 Å². The summed E-state index contributed by atoms with van der Waals surface area (Å²) in [5.41, 5.74) is 2.03. The summed E-state index contributed by atoms with van der Waals surface area (Å²) >= 11 is 3.54. The first kappa shape index (κ1) is 23.0. The Kier molecular flexibility index (Phi) is 6.99. The fraction of sp³-hybridized carbons (Fsp3) is 0.500. The molecule has 2 saturated heterocycles. The largest absolute Gasteiger partial charge is 0.490 e. The van der Waals surface area contributed by atoms with Crippen LogP contribution in [0.1, 0.15) is 58.1 Å². The van der Waals surface area contributed by atoms with Gasteiger partial charge >= 0.3 is 6.09 Å². The van der Waals surface area contributed by atoms with Gasteiger partial charge in [-0.2, -0.15) is 0 Å². The Balaban J connectivity index is 1.42. The van der Waals surface area contributed by atoms with Crippen molar-refractivity contribution in [2.24, 2.45) is 0 Å². The second-order valence-corrected chi connectivity index (χ2v) is 10.6. The van der Waals surface area contributed by atoms with Crippen LogP contribution in [0.4, 0.5) is 10.5 Å². The van der Waals surface area contributed by atoms with Gasteiger partial charge in [-0.25, -0.2) is 4.79 Å². The minimum Gasteiger partial charge on any atom is -0.490 e. The van der Waals surface area contributed by atoms with Gasteiger partial charge in [0.2, 0.25) is 0 Å². The summed E-state index contributed by atoms with van der Waals surface area (Å²) in [6.07, 6.45) is 3.80. The van der Waals surface area contributed by atoms with Gasteiger partial charge in [0.15, 0.2) is 0 Å². The Labute approximate surface area is 199 Å². The molecule has 2 fully saturated rings. The first-order chi connectivity index (χ1) is 15.3. The van der Waals surface area contributed by atoms with E-state index in [0.29, 0.717) is 19.1 Å². The van der Waals surface area contributed by atoms with E-state index in [1.165, 1.54) is 17.7 Å². The van der Waals surface area contributed by atoms with Crippen molar-refractivity contribution in [3.05, 3.63) is 58.6 Å². The molecule has 1 amide bonds. The number of hydrogen-bond acceptors (Lipinski definition) is 4. The molecule has 4 rings (SSSR count). The summed E-state index contributed by atoms with van der Waals surface area (Å²) in [6, 6.07) is 17.3. The highest BCUT2D eigenvalue weighted by atomic mass is 79.9. The van der Waals surface area contributed by atoms with Crippen molar-refractivity contribution in [1.82, 2.24) is 4.90 Å². The molecule has 32 heavy (non-hydrogen) atoms. The number of anilines is 1. The molecule has 1 unspecified atom stereocenters. The van der Waals surface area contributed by atoms with Crippen LogP contribution in [0.15, 0.2) is 53.0 Å². The van der Waals surface area contributed by atoms with Crippen molar-refractivity contribution in [2.45, 2.75) is 64.2 Å². The average Bonchev–Trinajstić information content (AvgIpc) is 3.24. The van der Waals surface area contributed by atoms with Crippen molar-refractivity contribution < 1.29 is 14.3 Å². The van der Waals surface area contributed by atoms with Gasteiger partial charge in [-0.15, -0.1) is 0 Å². The third-order valence-corrected chi connectivity index (χ3v) is 6.61. The number of benzene rings is 2. The van der Waals surface area contributed by atoms with Gasteiger partial charge in [0, 0.05) is 48.2 Å². The number of nitrogens with zero attached hydrogens (tertiary/aromatic N) is 2. The standard InChI is InChI=1S/C26H33BrN2O3/c1-26(2,3)32-25(30)28-17-14-21(15-18-28)31-24-9-5-4-7-22(24)23-8-6-16-29(23)20-12-10-19(27)11-13-20/h4-5,7,9-13,21,23H,6,8,14-18H2,1-3H3. The lowest BCUT2D eigenvalue weighted by atomic mass is 10.0. The molecule has 5 nitrogen and oxygen atoms in total. The second kappa shape index (κ2) is 9.74. The normalized spacial score (nSPS) is 19.8. The SMILES string of the molecule is CC(C)(C)OC(=O)N1CCC(Oc2ccccc2C2CCCN2c2ccc(Br)cc2)CC1. The van der Waals surface area contributed by atoms with Crippen molar-refractivity contribution in [1.29, 1.82) is 0 Å². The molecule has 1 atom stereocenters. The summed E-state index contributed by atoms with van der Waals surface area (Å²) in [4.78, 5) is 16.6. The third-order valence-electron chi connectivity index (χ3n) is 6.08. The number of carbonyl (C=O) groups excluding carboxylic acids is 1. The molecule has 2 aromatic carbocycles. The van der Waals surface area contributed by atoms with Crippen LogP contribution in [0.2, 0.25) is 0 Å². The first-order valence-corrected chi connectivity index (χ1v) is 12.4. The highest BCUT2D eigenvalue weighted by molar-refractivity contribution is 9.10. The number of rotatable bonds is 4. The molecular formula is C26H33BrN2O3. The smallest absolute Gasteiger partial charge is 0.410 e. The van der Waals surface area contributed by atoms with E-state index >= 15 is 0 Å². The molecule has 2 aliphatic heterocycles. The second-order valence-electron chi connectivity index (χ2n) is 9.65. The van der Waals surface area contributed by atoms with Crippen LogP contribution in [0, 0.1) is 0 Å². The molecule has 0 spiro atoms. The molecule has 0 bridgehead atoms. The first-order valence-electron chi connectivity index (χ1n) is 11.6. The number of ether oxygens (including phenoxy) is 2. The number of amides is 1. The zero-order chi connectivity index (χ0) is 22.7. The fourth-order valence-electron chi connectivity index (χ4n) is 4.56. The number of likely N-dealkylation sites (tertiary alicyclic amines) is 1. The molecule has 6 heteroatoms. The lowest BCUT2D eigenvalue weighted by molar-refractivity contribution is 0.0125.